The first-order valence-corrected chi connectivity index (χ1v) is 12.6. The molecule has 2 aromatic rings. The van der Waals surface area contributed by atoms with Crippen LogP contribution in [0.25, 0.3) is 5.76 Å². The lowest BCUT2D eigenvalue weighted by Crippen LogP contribution is -2.47. The van der Waals surface area contributed by atoms with Crippen molar-refractivity contribution in [3.05, 3.63) is 58.2 Å². The Hall–Kier alpha value is -3.48. The number of methoxy groups -OCH3 is 2. The van der Waals surface area contributed by atoms with E-state index in [-0.39, 0.29) is 23.9 Å². The molecule has 3 amide bonds. The highest BCUT2D eigenvalue weighted by Crippen LogP contribution is 2.36. The highest BCUT2D eigenvalue weighted by atomic mass is 16.5. The van der Waals surface area contributed by atoms with Gasteiger partial charge in [-0.3, -0.25) is 4.79 Å². The third-order valence-corrected chi connectivity index (χ3v) is 7.41. The Balaban J connectivity index is 1.40. The molecule has 1 fully saturated rings. The number of amides is 3. The lowest BCUT2D eigenvalue weighted by molar-refractivity contribution is -0.121. The fourth-order valence-electron chi connectivity index (χ4n) is 5.40. The second-order valence-electron chi connectivity index (χ2n) is 10.1. The number of carbonyl (C=O) groups excluding carboxylic acids is 2. The highest BCUT2D eigenvalue weighted by molar-refractivity contribution is 5.94. The number of anilines is 2. The van der Waals surface area contributed by atoms with E-state index in [0.717, 1.165) is 76.4 Å². The predicted octanol–water partition coefficient (Wildman–Crippen LogP) is 6.25. The molecule has 0 bridgehead atoms. The molecule has 0 radical (unpaired) electrons. The molecule has 2 aliphatic rings. The van der Waals surface area contributed by atoms with Gasteiger partial charge in [0.15, 0.2) is 0 Å². The Morgan fingerprint density at radius 2 is 1.75 bits per heavy atom. The topological polar surface area (TPSA) is 79.9 Å². The predicted molar refractivity (Wildman–Crippen MR) is 143 cm³/mol. The average Bonchev–Trinajstić information content (AvgIpc) is 2.85. The molecule has 0 aromatic heterocycles. The van der Waals surface area contributed by atoms with Crippen molar-refractivity contribution in [1.82, 2.24) is 4.90 Å². The van der Waals surface area contributed by atoms with E-state index < -0.39 is 0 Å². The summed E-state index contributed by atoms with van der Waals surface area (Å²) in [5.74, 6) is 1.56. The first-order valence-electron chi connectivity index (χ1n) is 12.6. The average molecular weight is 492 g/mol. The molecule has 0 atom stereocenters. The van der Waals surface area contributed by atoms with Crippen LogP contribution in [-0.4, -0.2) is 37.1 Å². The first-order chi connectivity index (χ1) is 17.2. The summed E-state index contributed by atoms with van der Waals surface area (Å²) in [6.07, 6.45) is 3.12. The molecule has 36 heavy (non-hydrogen) atoms. The van der Waals surface area contributed by atoms with E-state index in [1.54, 1.807) is 14.2 Å². The second-order valence-corrected chi connectivity index (χ2v) is 10.1. The summed E-state index contributed by atoms with van der Waals surface area (Å²) in [6.45, 7) is 8.66. The molecule has 0 saturated heterocycles. The van der Waals surface area contributed by atoms with E-state index in [4.69, 9.17) is 9.47 Å². The molecule has 0 spiro atoms. The quantitative estimate of drug-likeness (QED) is 0.468. The van der Waals surface area contributed by atoms with Crippen LogP contribution in [0, 0.1) is 19.8 Å². The van der Waals surface area contributed by atoms with Gasteiger partial charge in [-0.15, -0.1) is 0 Å². The summed E-state index contributed by atoms with van der Waals surface area (Å²) < 4.78 is 11.0. The summed E-state index contributed by atoms with van der Waals surface area (Å²) in [5.41, 5.74) is 6.95. The molecule has 0 unspecified atom stereocenters. The van der Waals surface area contributed by atoms with Gasteiger partial charge < -0.3 is 25.0 Å². The van der Waals surface area contributed by atoms with Crippen LogP contribution in [0.15, 0.2) is 35.9 Å². The van der Waals surface area contributed by atoms with Crippen LogP contribution in [0.4, 0.5) is 16.2 Å². The summed E-state index contributed by atoms with van der Waals surface area (Å²) in [6, 6.07) is 9.88. The largest absolute Gasteiger partial charge is 0.496 e. The molecule has 1 saturated carbocycles. The Morgan fingerprint density at radius 1 is 1.03 bits per heavy atom. The van der Waals surface area contributed by atoms with Crippen LogP contribution in [0.3, 0.4) is 0 Å². The van der Waals surface area contributed by atoms with E-state index in [2.05, 4.69) is 23.6 Å². The van der Waals surface area contributed by atoms with E-state index in [1.807, 2.05) is 49.9 Å². The van der Waals surface area contributed by atoms with Gasteiger partial charge in [0.1, 0.15) is 11.5 Å². The summed E-state index contributed by atoms with van der Waals surface area (Å²) in [5, 5.41) is 6.14. The van der Waals surface area contributed by atoms with Gasteiger partial charge in [0, 0.05) is 35.0 Å². The van der Waals surface area contributed by atoms with Crippen molar-refractivity contribution in [2.24, 2.45) is 5.92 Å². The number of allylic oxidation sites excluding steroid dienone is 1. The molecule has 1 aliphatic heterocycles. The number of hydrogen-bond donors (Lipinski definition) is 2. The highest BCUT2D eigenvalue weighted by Gasteiger charge is 2.34. The molecule has 192 valence electrons. The van der Waals surface area contributed by atoms with Crippen LogP contribution in [0.2, 0.25) is 0 Å². The second kappa shape index (κ2) is 10.6. The zero-order valence-corrected chi connectivity index (χ0v) is 22.2. The number of urea groups is 1. The SMILES string of the molecule is COC(=C(C)C)c1cc(C)c2c(c1)NC(=O)N(C1CCC(C(=O)Nc3ccc(C)c(OC)c3)CC1)C2. The van der Waals surface area contributed by atoms with Gasteiger partial charge in [-0.2, -0.15) is 0 Å². The molecule has 2 aromatic carbocycles. The molecule has 4 rings (SSSR count). The number of fused-ring (bicyclic) bond motifs is 1. The van der Waals surface area contributed by atoms with Gasteiger partial charge in [-0.1, -0.05) is 6.07 Å². The smallest absolute Gasteiger partial charge is 0.322 e. The zero-order valence-electron chi connectivity index (χ0n) is 22.2. The van der Waals surface area contributed by atoms with Crippen molar-refractivity contribution < 1.29 is 19.1 Å². The van der Waals surface area contributed by atoms with Crippen molar-refractivity contribution >= 4 is 29.1 Å². The minimum absolute atomic E-state index is 0.0318. The molecule has 7 nitrogen and oxygen atoms in total. The van der Waals surface area contributed by atoms with Gasteiger partial charge in [0.2, 0.25) is 5.91 Å². The van der Waals surface area contributed by atoms with Crippen molar-refractivity contribution in [2.75, 3.05) is 24.9 Å². The Bertz CT molecular complexity index is 1190. The number of ether oxygens (including phenoxy) is 2. The van der Waals surface area contributed by atoms with Gasteiger partial charge in [0.05, 0.1) is 20.8 Å². The number of aryl methyl sites for hydroxylation is 2. The number of hydrogen-bond acceptors (Lipinski definition) is 4. The monoisotopic (exact) mass is 491 g/mol. The van der Waals surface area contributed by atoms with Crippen molar-refractivity contribution in [2.45, 2.75) is 66.0 Å². The first kappa shape index (κ1) is 25.6. The third-order valence-electron chi connectivity index (χ3n) is 7.41. The van der Waals surface area contributed by atoms with Crippen LogP contribution in [0.5, 0.6) is 5.75 Å². The van der Waals surface area contributed by atoms with Crippen molar-refractivity contribution in [1.29, 1.82) is 0 Å². The van der Waals surface area contributed by atoms with Gasteiger partial charge >= 0.3 is 6.03 Å². The Morgan fingerprint density at radius 3 is 2.39 bits per heavy atom. The third kappa shape index (κ3) is 5.20. The fourth-order valence-corrected chi connectivity index (χ4v) is 5.40. The van der Waals surface area contributed by atoms with Gasteiger partial charge in [0.25, 0.3) is 0 Å². The fraction of sp³-hybridized carbons (Fsp3) is 0.448. The normalized spacial score (nSPS) is 19.2. The maximum Gasteiger partial charge on any atom is 0.322 e. The van der Waals surface area contributed by atoms with E-state index in [0.29, 0.717) is 6.54 Å². The van der Waals surface area contributed by atoms with Crippen molar-refractivity contribution in [3.8, 4) is 5.75 Å². The van der Waals surface area contributed by atoms with Crippen LogP contribution < -0.4 is 15.4 Å². The number of rotatable bonds is 6. The van der Waals surface area contributed by atoms with Crippen LogP contribution in [-0.2, 0) is 16.1 Å². The molecule has 7 heteroatoms. The molecular formula is C29H37N3O4. The maximum atomic E-state index is 13.1. The standard InChI is InChI=1S/C29H37N3O4/c1-17(2)27(36-6)21-13-19(4)24-16-32(29(34)31-25(24)14-21)23-11-8-20(9-12-23)28(33)30-22-10-7-18(3)26(15-22)35-5/h7,10,13-15,20,23H,8-9,11-12,16H2,1-6H3,(H,30,33)(H,31,34). The van der Waals surface area contributed by atoms with E-state index in [9.17, 15) is 9.59 Å². The van der Waals surface area contributed by atoms with Gasteiger partial charge in [-0.25, -0.2) is 4.79 Å². The minimum Gasteiger partial charge on any atom is -0.496 e. The summed E-state index contributed by atoms with van der Waals surface area (Å²) in [4.78, 5) is 27.9. The van der Waals surface area contributed by atoms with Gasteiger partial charge in [-0.05, 0) is 93.8 Å². The number of benzene rings is 2. The summed E-state index contributed by atoms with van der Waals surface area (Å²) in [7, 11) is 3.30. The summed E-state index contributed by atoms with van der Waals surface area (Å²) >= 11 is 0. The molecular weight excluding hydrogens is 454 g/mol. The minimum atomic E-state index is -0.0742. The Kier molecular flexibility index (Phi) is 7.57. The maximum absolute atomic E-state index is 13.1. The van der Waals surface area contributed by atoms with E-state index >= 15 is 0 Å². The number of carbonyl (C=O) groups is 2. The number of nitrogens with zero attached hydrogens (tertiary/aromatic N) is 1. The lowest BCUT2D eigenvalue weighted by atomic mass is 9.84. The number of nitrogens with one attached hydrogen (secondary N) is 2. The molecule has 1 heterocycles. The molecule has 1 aliphatic carbocycles. The van der Waals surface area contributed by atoms with Crippen LogP contribution in [0.1, 0.15) is 61.8 Å². The Labute approximate surface area is 213 Å². The lowest BCUT2D eigenvalue weighted by Gasteiger charge is -2.39. The molecule has 2 N–H and O–H groups in total. The van der Waals surface area contributed by atoms with E-state index in [1.165, 1.54) is 0 Å². The van der Waals surface area contributed by atoms with Crippen LogP contribution >= 0.6 is 0 Å². The zero-order chi connectivity index (χ0) is 26.0. The van der Waals surface area contributed by atoms with Crippen molar-refractivity contribution in [3.63, 3.8) is 0 Å².